The number of non-ortho nitro benzene ring substituents is 1. The molecule has 0 aliphatic heterocycles. The highest BCUT2D eigenvalue weighted by molar-refractivity contribution is 7.99. The van der Waals surface area contributed by atoms with E-state index in [1.54, 1.807) is 36.6 Å². The van der Waals surface area contributed by atoms with Crippen LogP contribution in [-0.2, 0) is 20.7 Å². The molecule has 14 heteroatoms. The van der Waals surface area contributed by atoms with Crippen molar-refractivity contribution in [1.29, 1.82) is 0 Å². The Hall–Kier alpha value is -3.91. The summed E-state index contributed by atoms with van der Waals surface area (Å²) in [5.74, 6) is -0.665. The van der Waals surface area contributed by atoms with Gasteiger partial charge in [-0.05, 0) is 19.1 Å². The molecule has 0 saturated carbocycles. The molecule has 0 unspecified atom stereocenters. The molecule has 0 aliphatic carbocycles. The number of hydrogen-bond acceptors (Lipinski definition) is 11. The molecule has 1 aromatic carbocycles. The van der Waals surface area contributed by atoms with Crippen molar-refractivity contribution in [2.45, 2.75) is 18.5 Å². The standard InChI is InChI=1S/C20H17N7O5S2/c1-2-32-18(29)9-13-10-33-19(21-13)22-17(28)11-34-20-24-23-16-7-6-15(25-26(16)20)12-4-3-5-14(8-12)27(30)31/h3-8,10H,2,9,11H2,1H3,(H,21,22,28). The van der Waals surface area contributed by atoms with E-state index in [1.165, 1.54) is 28.0 Å². The van der Waals surface area contributed by atoms with Gasteiger partial charge in [-0.25, -0.2) is 4.98 Å². The summed E-state index contributed by atoms with van der Waals surface area (Å²) in [6.45, 7) is 2.02. The molecular formula is C20H17N7O5S2. The van der Waals surface area contributed by atoms with Crippen LogP contribution in [0.4, 0.5) is 10.8 Å². The predicted molar refractivity (Wildman–Crippen MR) is 125 cm³/mol. The van der Waals surface area contributed by atoms with Crippen molar-refractivity contribution in [3.8, 4) is 11.3 Å². The molecule has 4 aromatic rings. The average Bonchev–Trinajstić information content (AvgIpc) is 3.43. The number of benzene rings is 1. The number of carbonyl (C=O) groups excluding carboxylic acids is 2. The topological polar surface area (TPSA) is 155 Å². The zero-order chi connectivity index (χ0) is 24.1. The number of hydrogen-bond donors (Lipinski definition) is 1. The van der Waals surface area contributed by atoms with Crippen LogP contribution in [0.1, 0.15) is 12.6 Å². The van der Waals surface area contributed by atoms with Crippen molar-refractivity contribution in [3.63, 3.8) is 0 Å². The molecule has 12 nitrogen and oxygen atoms in total. The van der Waals surface area contributed by atoms with Crippen LogP contribution in [0.2, 0.25) is 0 Å². The maximum atomic E-state index is 12.4. The van der Waals surface area contributed by atoms with E-state index < -0.39 is 4.92 Å². The zero-order valence-corrected chi connectivity index (χ0v) is 19.3. The number of carbonyl (C=O) groups is 2. The lowest BCUT2D eigenvalue weighted by Crippen LogP contribution is -2.14. The van der Waals surface area contributed by atoms with E-state index in [4.69, 9.17) is 4.74 Å². The fourth-order valence-corrected chi connectivity index (χ4v) is 4.30. The van der Waals surface area contributed by atoms with Gasteiger partial charge in [0.05, 0.1) is 35.1 Å². The quantitative estimate of drug-likeness (QED) is 0.157. The zero-order valence-electron chi connectivity index (χ0n) is 17.7. The fourth-order valence-electron chi connectivity index (χ4n) is 2.88. The third-order valence-corrected chi connectivity index (χ3v) is 6.07. The maximum absolute atomic E-state index is 12.4. The van der Waals surface area contributed by atoms with Gasteiger partial charge in [0.15, 0.2) is 10.8 Å². The van der Waals surface area contributed by atoms with Gasteiger partial charge in [-0.1, -0.05) is 23.9 Å². The number of aromatic nitrogens is 5. The van der Waals surface area contributed by atoms with E-state index in [0.29, 0.717) is 39.5 Å². The van der Waals surface area contributed by atoms with Gasteiger partial charge in [-0.15, -0.1) is 21.5 Å². The number of amides is 1. The third kappa shape index (κ3) is 5.52. The van der Waals surface area contributed by atoms with Gasteiger partial charge in [0.25, 0.3) is 5.69 Å². The van der Waals surface area contributed by atoms with Gasteiger partial charge >= 0.3 is 5.97 Å². The van der Waals surface area contributed by atoms with E-state index in [1.807, 2.05) is 0 Å². The summed E-state index contributed by atoms with van der Waals surface area (Å²) in [6, 6.07) is 9.53. The van der Waals surface area contributed by atoms with Crippen LogP contribution in [-0.4, -0.2) is 54.0 Å². The van der Waals surface area contributed by atoms with Crippen LogP contribution in [0.3, 0.4) is 0 Å². The van der Waals surface area contributed by atoms with Crippen LogP contribution in [0, 0.1) is 10.1 Å². The minimum atomic E-state index is -0.469. The lowest BCUT2D eigenvalue weighted by Gasteiger charge is -2.04. The van der Waals surface area contributed by atoms with Gasteiger partial charge in [0.1, 0.15) is 0 Å². The van der Waals surface area contributed by atoms with Crippen molar-refractivity contribution in [1.82, 2.24) is 24.8 Å². The van der Waals surface area contributed by atoms with Crippen molar-refractivity contribution in [2.24, 2.45) is 0 Å². The van der Waals surface area contributed by atoms with Gasteiger partial charge in [0.2, 0.25) is 11.1 Å². The first-order valence-corrected chi connectivity index (χ1v) is 11.8. The number of nitrogens with one attached hydrogen (secondary N) is 1. The number of thioether (sulfide) groups is 1. The molecule has 174 valence electrons. The normalized spacial score (nSPS) is 10.9. The Kier molecular flexibility index (Phi) is 7.08. The Balaban J connectivity index is 1.42. The molecule has 0 aliphatic rings. The van der Waals surface area contributed by atoms with E-state index in [2.05, 4.69) is 25.6 Å². The van der Waals surface area contributed by atoms with Crippen molar-refractivity contribution < 1.29 is 19.2 Å². The Morgan fingerprint density at radius 1 is 1.26 bits per heavy atom. The highest BCUT2D eigenvalue weighted by atomic mass is 32.2. The number of nitro groups is 1. The van der Waals surface area contributed by atoms with Gasteiger partial charge in [-0.3, -0.25) is 19.7 Å². The van der Waals surface area contributed by atoms with Crippen LogP contribution in [0.5, 0.6) is 0 Å². The van der Waals surface area contributed by atoms with Crippen molar-refractivity contribution >= 4 is 51.4 Å². The van der Waals surface area contributed by atoms with E-state index in [9.17, 15) is 19.7 Å². The first-order valence-electron chi connectivity index (χ1n) is 9.93. The lowest BCUT2D eigenvalue weighted by molar-refractivity contribution is -0.384. The molecule has 0 bridgehead atoms. The summed E-state index contributed by atoms with van der Waals surface area (Å²) in [6.07, 6.45) is 0.0409. The fraction of sp³-hybridized carbons (Fsp3) is 0.200. The number of fused-ring (bicyclic) bond motifs is 1. The van der Waals surface area contributed by atoms with E-state index >= 15 is 0 Å². The number of thiazole rings is 1. The summed E-state index contributed by atoms with van der Waals surface area (Å²) in [4.78, 5) is 38.7. The number of nitro benzene ring substituents is 1. The molecule has 3 heterocycles. The SMILES string of the molecule is CCOC(=O)Cc1csc(NC(=O)CSc2nnc3ccc(-c4cccc([N+](=O)[O-])c4)nn23)n1. The third-order valence-electron chi connectivity index (χ3n) is 4.35. The van der Waals surface area contributed by atoms with Crippen molar-refractivity contribution in [2.75, 3.05) is 17.7 Å². The molecule has 4 rings (SSSR count). The first kappa shape index (κ1) is 23.3. The van der Waals surface area contributed by atoms with Crippen LogP contribution < -0.4 is 5.32 Å². The van der Waals surface area contributed by atoms with E-state index in [0.717, 1.165) is 11.8 Å². The second-order valence-corrected chi connectivity index (χ2v) is 8.54. The molecule has 0 saturated heterocycles. The first-order chi connectivity index (χ1) is 16.4. The highest BCUT2D eigenvalue weighted by Crippen LogP contribution is 2.24. The Labute approximate surface area is 200 Å². The molecule has 3 aromatic heterocycles. The summed E-state index contributed by atoms with van der Waals surface area (Å²) in [5.41, 5.74) is 2.02. The lowest BCUT2D eigenvalue weighted by atomic mass is 10.1. The molecule has 1 N–H and O–H groups in total. The van der Waals surface area contributed by atoms with Crippen LogP contribution >= 0.6 is 23.1 Å². The molecule has 0 radical (unpaired) electrons. The monoisotopic (exact) mass is 499 g/mol. The molecule has 1 amide bonds. The Morgan fingerprint density at radius 3 is 2.91 bits per heavy atom. The van der Waals surface area contributed by atoms with Crippen LogP contribution in [0.15, 0.2) is 46.9 Å². The Bertz CT molecular complexity index is 1370. The number of ether oxygens (including phenoxy) is 1. The largest absolute Gasteiger partial charge is 0.466 e. The van der Waals surface area contributed by atoms with Gasteiger partial charge in [0, 0.05) is 23.1 Å². The summed E-state index contributed by atoms with van der Waals surface area (Å²) >= 11 is 2.34. The molecule has 34 heavy (non-hydrogen) atoms. The molecule has 0 fully saturated rings. The number of nitrogens with zero attached hydrogens (tertiary/aromatic N) is 6. The smallest absolute Gasteiger partial charge is 0.311 e. The van der Waals surface area contributed by atoms with Gasteiger partial charge < -0.3 is 10.1 Å². The molecular weight excluding hydrogens is 482 g/mol. The maximum Gasteiger partial charge on any atom is 0.311 e. The summed E-state index contributed by atoms with van der Waals surface area (Å²) in [5, 5.41) is 28.8. The average molecular weight is 500 g/mol. The molecule has 0 atom stereocenters. The number of anilines is 1. The number of rotatable bonds is 9. The van der Waals surface area contributed by atoms with Crippen LogP contribution in [0.25, 0.3) is 16.9 Å². The Morgan fingerprint density at radius 2 is 2.12 bits per heavy atom. The molecule has 0 spiro atoms. The number of esters is 1. The second-order valence-electron chi connectivity index (χ2n) is 6.74. The minimum absolute atomic E-state index is 0.0241. The van der Waals surface area contributed by atoms with Crippen molar-refractivity contribution in [3.05, 3.63) is 57.6 Å². The van der Waals surface area contributed by atoms with E-state index in [-0.39, 0.29) is 29.7 Å². The second kappa shape index (κ2) is 10.4. The van der Waals surface area contributed by atoms with Gasteiger partial charge in [-0.2, -0.15) is 9.61 Å². The highest BCUT2D eigenvalue weighted by Gasteiger charge is 2.15. The summed E-state index contributed by atoms with van der Waals surface area (Å²) < 4.78 is 6.37. The summed E-state index contributed by atoms with van der Waals surface area (Å²) in [7, 11) is 0. The predicted octanol–water partition coefficient (Wildman–Crippen LogP) is 2.99. The minimum Gasteiger partial charge on any atom is -0.466 e.